The quantitative estimate of drug-likeness (QED) is 0.872. The Hall–Kier alpha value is -1.62. The Balaban J connectivity index is 1.66. The number of H-pyrrole nitrogens is 1. The average molecular weight is 285 g/mol. The van der Waals surface area contributed by atoms with Crippen LogP contribution in [-0.4, -0.2) is 52.6 Å². The third kappa shape index (κ3) is 2.20. The van der Waals surface area contributed by atoms with E-state index in [9.17, 15) is 0 Å². The van der Waals surface area contributed by atoms with E-state index < -0.39 is 0 Å². The molecule has 0 bridgehead atoms. The molecule has 21 heavy (non-hydrogen) atoms. The largest absolute Gasteiger partial charge is 0.356 e. The summed E-state index contributed by atoms with van der Waals surface area (Å²) in [6.45, 7) is 5.47. The van der Waals surface area contributed by atoms with Crippen molar-refractivity contribution in [2.24, 2.45) is 5.92 Å². The van der Waals surface area contributed by atoms with Gasteiger partial charge in [-0.05, 0) is 51.8 Å². The van der Waals surface area contributed by atoms with Crippen molar-refractivity contribution in [2.75, 3.05) is 31.6 Å². The number of likely N-dealkylation sites (tertiary alicyclic amines) is 1. The van der Waals surface area contributed by atoms with Crippen LogP contribution in [0.2, 0.25) is 0 Å². The van der Waals surface area contributed by atoms with E-state index in [1.54, 1.807) is 0 Å². The van der Waals surface area contributed by atoms with Crippen LogP contribution >= 0.6 is 0 Å². The molecule has 2 aromatic heterocycles. The predicted molar refractivity (Wildman–Crippen MR) is 84.6 cm³/mol. The van der Waals surface area contributed by atoms with Crippen molar-refractivity contribution in [3.05, 3.63) is 18.1 Å². The molecule has 1 N–H and O–H groups in total. The van der Waals surface area contributed by atoms with Crippen LogP contribution in [0.3, 0.4) is 0 Å². The summed E-state index contributed by atoms with van der Waals surface area (Å²) in [6.07, 6.45) is 5.89. The van der Waals surface area contributed by atoms with Gasteiger partial charge in [-0.3, -0.25) is 0 Å². The van der Waals surface area contributed by atoms with Crippen LogP contribution in [-0.2, 0) is 0 Å². The van der Waals surface area contributed by atoms with E-state index in [0.29, 0.717) is 0 Å². The van der Waals surface area contributed by atoms with Gasteiger partial charge in [-0.15, -0.1) is 0 Å². The van der Waals surface area contributed by atoms with E-state index in [0.717, 1.165) is 47.7 Å². The molecule has 2 fully saturated rings. The van der Waals surface area contributed by atoms with Gasteiger partial charge in [0, 0.05) is 25.3 Å². The van der Waals surface area contributed by atoms with Crippen LogP contribution in [0, 0.1) is 12.8 Å². The summed E-state index contributed by atoms with van der Waals surface area (Å²) in [7, 11) is 2.28. The first-order valence-electron chi connectivity index (χ1n) is 7.99. The Labute approximate surface area is 125 Å². The van der Waals surface area contributed by atoms with Crippen molar-refractivity contribution >= 4 is 16.9 Å². The van der Waals surface area contributed by atoms with Gasteiger partial charge < -0.3 is 14.8 Å². The van der Waals surface area contributed by atoms with Crippen molar-refractivity contribution < 1.29 is 0 Å². The minimum atomic E-state index is 0.764. The molecule has 4 rings (SSSR count). The van der Waals surface area contributed by atoms with E-state index in [1.807, 2.05) is 13.1 Å². The molecule has 2 aliphatic heterocycles. The first kappa shape index (κ1) is 13.1. The van der Waals surface area contributed by atoms with Gasteiger partial charge in [0.2, 0.25) is 0 Å². The molecule has 0 aliphatic carbocycles. The van der Waals surface area contributed by atoms with E-state index in [4.69, 9.17) is 4.98 Å². The number of piperidine rings is 2. The molecule has 5 nitrogen and oxygen atoms in total. The molecule has 0 amide bonds. The molecule has 2 atom stereocenters. The van der Waals surface area contributed by atoms with Gasteiger partial charge >= 0.3 is 0 Å². The monoisotopic (exact) mass is 285 g/mol. The standard InChI is InChI=1S/C16H23N5/c1-11-18-15-13(5-7-17-15)16(19-11)21-9-6-14-12(10-21)4-3-8-20(14)2/h5,7,12,14H,3-4,6,8-10H2,1-2H3,(H,17,18,19). The second-order valence-corrected chi connectivity index (χ2v) is 6.52. The molecule has 0 aromatic carbocycles. The fraction of sp³-hybridized carbons (Fsp3) is 0.625. The van der Waals surface area contributed by atoms with Crippen LogP contribution in [0.25, 0.3) is 11.0 Å². The molecule has 2 saturated heterocycles. The lowest BCUT2D eigenvalue weighted by Crippen LogP contribution is -2.53. The molecule has 2 aliphatic rings. The number of hydrogen-bond donors (Lipinski definition) is 1. The average Bonchev–Trinajstić information content (AvgIpc) is 2.94. The number of anilines is 1. The zero-order chi connectivity index (χ0) is 14.4. The lowest BCUT2D eigenvalue weighted by molar-refractivity contribution is 0.102. The van der Waals surface area contributed by atoms with Crippen LogP contribution in [0.4, 0.5) is 5.82 Å². The van der Waals surface area contributed by atoms with Gasteiger partial charge in [-0.25, -0.2) is 9.97 Å². The maximum absolute atomic E-state index is 4.74. The molecule has 112 valence electrons. The molecule has 5 heteroatoms. The highest BCUT2D eigenvalue weighted by molar-refractivity contribution is 5.87. The van der Waals surface area contributed by atoms with Crippen molar-refractivity contribution in [3.8, 4) is 0 Å². The van der Waals surface area contributed by atoms with E-state index in [1.165, 1.54) is 25.8 Å². The van der Waals surface area contributed by atoms with Gasteiger partial charge in [0.25, 0.3) is 0 Å². The molecule has 0 spiro atoms. The zero-order valence-electron chi connectivity index (χ0n) is 12.8. The van der Waals surface area contributed by atoms with Gasteiger partial charge in [0.05, 0.1) is 5.39 Å². The number of nitrogens with zero attached hydrogens (tertiary/aromatic N) is 4. The van der Waals surface area contributed by atoms with Gasteiger partial charge in [-0.2, -0.15) is 0 Å². The van der Waals surface area contributed by atoms with E-state index in [-0.39, 0.29) is 0 Å². The number of rotatable bonds is 1. The maximum atomic E-state index is 4.74. The number of nitrogens with one attached hydrogen (secondary N) is 1. The highest BCUT2D eigenvalue weighted by Crippen LogP contribution is 2.33. The number of aromatic nitrogens is 3. The lowest BCUT2D eigenvalue weighted by Gasteiger charge is -2.46. The van der Waals surface area contributed by atoms with Crippen molar-refractivity contribution in [1.29, 1.82) is 0 Å². The zero-order valence-corrected chi connectivity index (χ0v) is 12.8. The first-order chi connectivity index (χ1) is 10.2. The molecular weight excluding hydrogens is 262 g/mol. The van der Waals surface area contributed by atoms with Crippen molar-refractivity contribution in [1.82, 2.24) is 19.9 Å². The Morgan fingerprint density at radius 3 is 3.05 bits per heavy atom. The molecular formula is C16H23N5. The Morgan fingerprint density at radius 1 is 1.24 bits per heavy atom. The third-order valence-electron chi connectivity index (χ3n) is 5.15. The molecule has 2 unspecified atom stereocenters. The highest BCUT2D eigenvalue weighted by atomic mass is 15.2. The fourth-order valence-corrected chi connectivity index (χ4v) is 4.12. The number of aryl methyl sites for hydroxylation is 1. The highest BCUT2D eigenvalue weighted by Gasteiger charge is 2.35. The SMILES string of the molecule is Cc1nc(N2CCC3C(CCCN3C)C2)c2cc[nH]c2n1. The summed E-state index contributed by atoms with van der Waals surface area (Å²) in [6, 6.07) is 2.86. The van der Waals surface area contributed by atoms with Crippen molar-refractivity contribution in [2.45, 2.75) is 32.2 Å². The Morgan fingerprint density at radius 2 is 2.14 bits per heavy atom. The van der Waals surface area contributed by atoms with Crippen molar-refractivity contribution in [3.63, 3.8) is 0 Å². The molecule has 0 saturated carbocycles. The summed E-state index contributed by atoms with van der Waals surface area (Å²) in [5, 5.41) is 1.16. The minimum absolute atomic E-state index is 0.764. The van der Waals surface area contributed by atoms with Crippen LogP contribution in [0.15, 0.2) is 12.3 Å². The Kier molecular flexibility index (Phi) is 3.10. The van der Waals surface area contributed by atoms with Gasteiger partial charge in [0.1, 0.15) is 17.3 Å². The number of fused-ring (bicyclic) bond motifs is 2. The third-order valence-corrected chi connectivity index (χ3v) is 5.15. The maximum Gasteiger partial charge on any atom is 0.143 e. The fourth-order valence-electron chi connectivity index (χ4n) is 4.12. The van der Waals surface area contributed by atoms with Gasteiger partial charge in [0.15, 0.2) is 0 Å². The summed E-state index contributed by atoms with van der Waals surface area (Å²) < 4.78 is 0. The summed E-state index contributed by atoms with van der Waals surface area (Å²) >= 11 is 0. The molecule has 2 aromatic rings. The summed E-state index contributed by atoms with van der Waals surface area (Å²) in [5.41, 5.74) is 0.959. The first-order valence-corrected chi connectivity index (χ1v) is 7.99. The number of hydrogen-bond acceptors (Lipinski definition) is 4. The second-order valence-electron chi connectivity index (χ2n) is 6.52. The van der Waals surface area contributed by atoms with Gasteiger partial charge in [-0.1, -0.05) is 0 Å². The van der Waals surface area contributed by atoms with E-state index in [2.05, 4.69) is 32.9 Å². The van der Waals surface area contributed by atoms with Crippen LogP contribution in [0.1, 0.15) is 25.1 Å². The topological polar surface area (TPSA) is 48.1 Å². The Bertz CT molecular complexity index is 649. The second kappa shape index (κ2) is 4.98. The summed E-state index contributed by atoms with van der Waals surface area (Å²) in [4.78, 5) is 17.5. The van der Waals surface area contributed by atoms with E-state index >= 15 is 0 Å². The summed E-state index contributed by atoms with van der Waals surface area (Å²) in [5.74, 6) is 2.75. The predicted octanol–water partition coefficient (Wildman–Crippen LogP) is 2.19. The smallest absolute Gasteiger partial charge is 0.143 e. The molecule has 4 heterocycles. The molecule has 0 radical (unpaired) electrons. The minimum Gasteiger partial charge on any atom is -0.356 e. The lowest BCUT2D eigenvalue weighted by atomic mass is 9.84. The van der Waals surface area contributed by atoms with Crippen LogP contribution in [0.5, 0.6) is 0 Å². The van der Waals surface area contributed by atoms with Crippen LogP contribution < -0.4 is 4.90 Å². The number of aromatic amines is 1. The normalized spacial score (nSPS) is 27.0.